The van der Waals surface area contributed by atoms with Crippen LogP contribution in [0.2, 0.25) is 0 Å². The highest BCUT2D eigenvalue weighted by atomic mass is 19.1. The summed E-state index contributed by atoms with van der Waals surface area (Å²) >= 11 is 0. The first-order chi connectivity index (χ1) is 16.5. The molecule has 1 aliphatic heterocycles. The average molecular weight is 474 g/mol. The van der Waals surface area contributed by atoms with Crippen molar-refractivity contribution in [2.75, 3.05) is 32.8 Å². The first-order valence-electron chi connectivity index (χ1n) is 12.6. The van der Waals surface area contributed by atoms with Gasteiger partial charge in [-0.25, -0.2) is 8.78 Å². The number of unbranched alkanes of at least 4 members (excludes halogenated alkanes) is 1. The van der Waals surface area contributed by atoms with E-state index in [1.807, 2.05) is 0 Å². The number of carbonyl (C=O) groups excluding carboxylic acids is 1. The van der Waals surface area contributed by atoms with Crippen molar-refractivity contribution in [3.05, 3.63) is 71.3 Å². The predicted octanol–water partition coefficient (Wildman–Crippen LogP) is 6.30. The molecule has 3 rings (SSSR count). The fourth-order valence-electron chi connectivity index (χ4n) is 4.40. The molecule has 0 N–H and O–H groups in total. The second-order valence-electron chi connectivity index (χ2n) is 9.11. The van der Waals surface area contributed by atoms with E-state index in [1.165, 1.54) is 24.3 Å². The number of hydrogen-bond acceptors (Lipinski definition) is 4. The highest BCUT2D eigenvalue weighted by Gasteiger charge is 2.20. The van der Waals surface area contributed by atoms with Gasteiger partial charge in [-0.05, 0) is 86.5 Å². The first kappa shape index (κ1) is 26.3. The Morgan fingerprint density at radius 3 is 2.09 bits per heavy atom. The Balaban J connectivity index is 1.39. The maximum Gasteiger partial charge on any atom is 0.305 e. The van der Waals surface area contributed by atoms with E-state index in [-0.39, 0.29) is 23.7 Å². The van der Waals surface area contributed by atoms with Crippen molar-refractivity contribution < 1.29 is 23.0 Å². The molecule has 0 aliphatic carbocycles. The van der Waals surface area contributed by atoms with Gasteiger partial charge in [0.1, 0.15) is 17.7 Å². The molecule has 1 aliphatic rings. The summed E-state index contributed by atoms with van der Waals surface area (Å²) < 4.78 is 38.2. The Morgan fingerprint density at radius 2 is 1.53 bits per heavy atom. The van der Waals surface area contributed by atoms with Crippen LogP contribution >= 0.6 is 0 Å². The quantitative estimate of drug-likeness (QED) is 0.253. The van der Waals surface area contributed by atoms with Crippen molar-refractivity contribution in [1.82, 2.24) is 4.90 Å². The van der Waals surface area contributed by atoms with E-state index in [0.717, 1.165) is 69.3 Å². The van der Waals surface area contributed by atoms with E-state index >= 15 is 0 Å². The molecule has 0 aromatic heterocycles. The molecular weight excluding hydrogens is 436 g/mol. The van der Waals surface area contributed by atoms with Gasteiger partial charge in [0.25, 0.3) is 0 Å². The third kappa shape index (κ3) is 8.80. The molecule has 6 heteroatoms. The Bertz CT molecular complexity index is 803. The van der Waals surface area contributed by atoms with E-state index in [9.17, 15) is 13.6 Å². The molecule has 1 saturated heterocycles. The molecule has 0 amide bonds. The van der Waals surface area contributed by atoms with Gasteiger partial charge in [0.05, 0.1) is 13.2 Å². The molecule has 0 spiro atoms. The van der Waals surface area contributed by atoms with Crippen LogP contribution in [0.5, 0.6) is 0 Å². The van der Waals surface area contributed by atoms with Crippen LogP contribution in [-0.4, -0.2) is 43.7 Å². The minimum atomic E-state index is -0.365. The summed E-state index contributed by atoms with van der Waals surface area (Å²) in [5, 5.41) is 0. The molecule has 0 saturated carbocycles. The van der Waals surface area contributed by atoms with Gasteiger partial charge >= 0.3 is 5.97 Å². The normalized spacial score (nSPS) is 15.1. The summed E-state index contributed by atoms with van der Waals surface area (Å²) in [4.78, 5) is 14.1. The summed E-state index contributed by atoms with van der Waals surface area (Å²) in [6, 6.07) is 12.6. The number of rotatable bonds is 13. The van der Waals surface area contributed by atoms with E-state index in [4.69, 9.17) is 9.47 Å². The minimum Gasteiger partial charge on any atom is -0.466 e. The van der Waals surface area contributed by atoms with Gasteiger partial charge in [-0.3, -0.25) is 4.79 Å². The van der Waals surface area contributed by atoms with Crippen LogP contribution in [0.3, 0.4) is 0 Å². The third-order valence-corrected chi connectivity index (χ3v) is 6.50. The zero-order valence-electron chi connectivity index (χ0n) is 20.2. The number of carbonyl (C=O) groups is 1. The lowest BCUT2D eigenvalue weighted by atomic mass is 9.91. The van der Waals surface area contributed by atoms with Crippen LogP contribution in [0.4, 0.5) is 8.78 Å². The topological polar surface area (TPSA) is 38.8 Å². The lowest BCUT2D eigenvalue weighted by Crippen LogP contribution is -2.36. The number of piperidine rings is 1. The molecule has 4 nitrogen and oxygen atoms in total. The summed E-state index contributed by atoms with van der Waals surface area (Å²) in [5.74, 6) is 0.00223. The maximum atomic E-state index is 13.4. The molecule has 34 heavy (non-hydrogen) atoms. The summed E-state index contributed by atoms with van der Waals surface area (Å²) in [7, 11) is 0. The van der Waals surface area contributed by atoms with Gasteiger partial charge < -0.3 is 14.4 Å². The SMILES string of the molecule is CCCCOC(=O)CCCC1CCN(CCOC(c2ccc(F)cc2)c2ccc(F)cc2)CC1. The zero-order valence-corrected chi connectivity index (χ0v) is 20.2. The predicted molar refractivity (Wildman–Crippen MR) is 129 cm³/mol. The minimum absolute atomic E-state index is 0.0695. The number of halogens is 2. The van der Waals surface area contributed by atoms with Crippen molar-refractivity contribution in [3.8, 4) is 0 Å². The van der Waals surface area contributed by atoms with E-state index in [2.05, 4.69) is 11.8 Å². The van der Waals surface area contributed by atoms with Crippen LogP contribution in [0, 0.1) is 17.6 Å². The van der Waals surface area contributed by atoms with Gasteiger partial charge in [-0.1, -0.05) is 37.6 Å². The zero-order chi connectivity index (χ0) is 24.2. The Hall–Kier alpha value is -2.31. The van der Waals surface area contributed by atoms with E-state index in [1.54, 1.807) is 24.3 Å². The standard InChI is InChI=1S/C28H37F2NO3/c1-2-3-20-33-27(32)6-4-5-22-15-17-31(18-16-22)19-21-34-28(23-7-11-25(29)12-8-23)24-9-13-26(30)14-10-24/h7-14,22,28H,2-6,15-21H2,1H3. The average Bonchev–Trinajstić information content (AvgIpc) is 2.84. The van der Waals surface area contributed by atoms with Crippen molar-refractivity contribution in [2.45, 2.75) is 58.0 Å². The Kier molecular flexibility index (Phi) is 11.0. The Morgan fingerprint density at radius 1 is 0.941 bits per heavy atom. The monoisotopic (exact) mass is 473 g/mol. The maximum absolute atomic E-state index is 13.4. The first-order valence-corrected chi connectivity index (χ1v) is 12.6. The second kappa shape index (κ2) is 14.2. The molecular formula is C28H37F2NO3. The number of benzene rings is 2. The van der Waals surface area contributed by atoms with Crippen LogP contribution in [0.1, 0.15) is 69.1 Å². The van der Waals surface area contributed by atoms with Gasteiger partial charge in [-0.15, -0.1) is 0 Å². The smallest absolute Gasteiger partial charge is 0.305 e. The van der Waals surface area contributed by atoms with E-state index in [0.29, 0.717) is 25.6 Å². The summed E-state index contributed by atoms with van der Waals surface area (Å²) in [6.45, 7) is 6.02. The van der Waals surface area contributed by atoms with Crippen molar-refractivity contribution >= 4 is 5.97 Å². The lowest BCUT2D eigenvalue weighted by molar-refractivity contribution is -0.143. The molecule has 0 unspecified atom stereocenters. The van der Waals surface area contributed by atoms with Crippen LogP contribution < -0.4 is 0 Å². The number of likely N-dealkylation sites (tertiary alicyclic amines) is 1. The third-order valence-electron chi connectivity index (χ3n) is 6.50. The largest absolute Gasteiger partial charge is 0.466 e. The van der Waals surface area contributed by atoms with E-state index < -0.39 is 0 Å². The number of esters is 1. The van der Waals surface area contributed by atoms with Gasteiger partial charge in [0.15, 0.2) is 0 Å². The Labute approximate surface area is 202 Å². The molecule has 186 valence electrons. The van der Waals surface area contributed by atoms with Gasteiger partial charge in [0, 0.05) is 13.0 Å². The van der Waals surface area contributed by atoms with Gasteiger partial charge in [-0.2, -0.15) is 0 Å². The van der Waals surface area contributed by atoms with Gasteiger partial charge in [0.2, 0.25) is 0 Å². The summed E-state index contributed by atoms with van der Waals surface area (Å²) in [5.41, 5.74) is 1.69. The van der Waals surface area contributed by atoms with Crippen LogP contribution in [0.25, 0.3) is 0 Å². The lowest BCUT2D eigenvalue weighted by Gasteiger charge is -2.32. The van der Waals surface area contributed by atoms with Crippen LogP contribution in [-0.2, 0) is 14.3 Å². The van der Waals surface area contributed by atoms with Crippen molar-refractivity contribution in [1.29, 1.82) is 0 Å². The fourth-order valence-corrected chi connectivity index (χ4v) is 4.40. The molecule has 0 atom stereocenters. The highest BCUT2D eigenvalue weighted by Crippen LogP contribution is 2.27. The molecule has 2 aromatic carbocycles. The van der Waals surface area contributed by atoms with Crippen molar-refractivity contribution in [3.63, 3.8) is 0 Å². The molecule has 1 heterocycles. The molecule has 1 fully saturated rings. The number of ether oxygens (including phenoxy) is 2. The fraction of sp³-hybridized carbons (Fsp3) is 0.536. The number of hydrogen-bond donors (Lipinski definition) is 0. The summed E-state index contributed by atoms with van der Waals surface area (Å²) in [6.07, 6.45) is 6.36. The molecule has 2 aromatic rings. The molecule has 0 bridgehead atoms. The highest BCUT2D eigenvalue weighted by molar-refractivity contribution is 5.69. The second-order valence-corrected chi connectivity index (χ2v) is 9.11. The molecule has 0 radical (unpaired) electrons. The van der Waals surface area contributed by atoms with Crippen molar-refractivity contribution in [2.24, 2.45) is 5.92 Å². The van der Waals surface area contributed by atoms with Crippen LogP contribution in [0.15, 0.2) is 48.5 Å². The number of nitrogens with zero attached hydrogens (tertiary/aromatic N) is 1.